The smallest absolute Gasteiger partial charge is 0.295 e. The molecule has 4 aromatic rings. The molecule has 9 heteroatoms. The zero-order valence-corrected chi connectivity index (χ0v) is 20.8. The van der Waals surface area contributed by atoms with Gasteiger partial charge in [0, 0.05) is 37.6 Å². The van der Waals surface area contributed by atoms with Crippen molar-refractivity contribution in [2.75, 3.05) is 28.6 Å². The summed E-state index contributed by atoms with van der Waals surface area (Å²) in [5.74, 6) is -0.0703. The summed E-state index contributed by atoms with van der Waals surface area (Å²) in [7, 11) is 1.77. The Morgan fingerprint density at radius 3 is 2.41 bits per heavy atom. The molecule has 1 aliphatic heterocycles. The van der Waals surface area contributed by atoms with E-state index in [1.165, 1.54) is 4.68 Å². The van der Waals surface area contributed by atoms with Gasteiger partial charge >= 0.3 is 0 Å². The van der Waals surface area contributed by atoms with Crippen molar-refractivity contribution in [2.24, 2.45) is 7.05 Å². The predicted octanol–water partition coefficient (Wildman–Crippen LogP) is 3.98. The first-order valence-corrected chi connectivity index (χ1v) is 12.2. The van der Waals surface area contributed by atoms with Crippen LogP contribution in [0.2, 0.25) is 0 Å². The van der Waals surface area contributed by atoms with Gasteiger partial charge in [-0.1, -0.05) is 24.3 Å². The number of aromatic nitrogens is 3. The summed E-state index contributed by atoms with van der Waals surface area (Å²) in [6.45, 7) is 3.52. The fourth-order valence-electron chi connectivity index (χ4n) is 4.59. The average Bonchev–Trinajstić information content (AvgIpc) is 3.53. The number of anilines is 3. The van der Waals surface area contributed by atoms with E-state index in [-0.39, 0.29) is 17.2 Å². The lowest BCUT2D eigenvalue weighted by Crippen LogP contribution is -2.24. The summed E-state index contributed by atoms with van der Waals surface area (Å²) in [6.07, 6.45) is 3.84. The maximum absolute atomic E-state index is 13.1. The SMILES string of the molecule is Cc1c(NC(=O)c2cccc(NC(=O)c3cccnc3N3CCCC3)c2)c(=O)n(-c2ccccc2)n1C. The van der Waals surface area contributed by atoms with Crippen LogP contribution in [0.15, 0.2) is 77.7 Å². The van der Waals surface area contributed by atoms with E-state index >= 15 is 0 Å². The lowest BCUT2D eigenvalue weighted by molar-refractivity contribution is 0.101. The normalized spacial score (nSPS) is 13.0. The van der Waals surface area contributed by atoms with Crippen molar-refractivity contribution in [1.29, 1.82) is 0 Å². The molecule has 0 aliphatic carbocycles. The van der Waals surface area contributed by atoms with Crippen LogP contribution in [0.5, 0.6) is 0 Å². The highest BCUT2D eigenvalue weighted by Crippen LogP contribution is 2.23. The van der Waals surface area contributed by atoms with E-state index in [1.54, 1.807) is 61.2 Å². The van der Waals surface area contributed by atoms with Crippen LogP contribution in [-0.2, 0) is 7.05 Å². The van der Waals surface area contributed by atoms with E-state index in [9.17, 15) is 14.4 Å². The molecule has 188 valence electrons. The maximum atomic E-state index is 13.1. The molecule has 0 radical (unpaired) electrons. The largest absolute Gasteiger partial charge is 0.356 e. The van der Waals surface area contributed by atoms with E-state index in [1.807, 2.05) is 30.3 Å². The third-order valence-corrected chi connectivity index (χ3v) is 6.61. The second kappa shape index (κ2) is 10.1. The van der Waals surface area contributed by atoms with Crippen LogP contribution in [0.1, 0.15) is 39.3 Å². The highest BCUT2D eigenvalue weighted by atomic mass is 16.2. The Morgan fingerprint density at radius 2 is 1.65 bits per heavy atom. The van der Waals surface area contributed by atoms with Gasteiger partial charge in [-0.3, -0.25) is 19.1 Å². The zero-order valence-electron chi connectivity index (χ0n) is 20.8. The second-order valence-corrected chi connectivity index (χ2v) is 8.99. The molecular weight excluding hydrogens is 468 g/mol. The van der Waals surface area contributed by atoms with E-state index in [4.69, 9.17) is 0 Å². The molecule has 9 nitrogen and oxygen atoms in total. The monoisotopic (exact) mass is 496 g/mol. The van der Waals surface area contributed by atoms with Gasteiger partial charge in [0.05, 0.1) is 16.9 Å². The molecule has 37 heavy (non-hydrogen) atoms. The molecule has 2 aromatic carbocycles. The minimum absolute atomic E-state index is 0.205. The van der Waals surface area contributed by atoms with Crippen molar-refractivity contribution in [3.05, 3.63) is 100 Å². The maximum Gasteiger partial charge on any atom is 0.295 e. The third kappa shape index (κ3) is 4.75. The number of carbonyl (C=O) groups is 2. The third-order valence-electron chi connectivity index (χ3n) is 6.61. The van der Waals surface area contributed by atoms with E-state index < -0.39 is 5.91 Å². The minimum atomic E-state index is -0.443. The number of carbonyl (C=O) groups excluding carboxylic acids is 2. The first-order chi connectivity index (χ1) is 17.9. The lowest BCUT2D eigenvalue weighted by atomic mass is 10.1. The van der Waals surface area contributed by atoms with Gasteiger partial charge in [-0.2, -0.15) is 0 Å². The van der Waals surface area contributed by atoms with Crippen LogP contribution in [0.25, 0.3) is 5.69 Å². The highest BCUT2D eigenvalue weighted by molar-refractivity contribution is 6.09. The summed E-state index contributed by atoms with van der Waals surface area (Å²) in [4.78, 5) is 45.9. The van der Waals surface area contributed by atoms with Crippen LogP contribution < -0.4 is 21.1 Å². The van der Waals surface area contributed by atoms with E-state index in [0.29, 0.717) is 34.0 Å². The molecule has 3 heterocycles. The number of para-hydroxylation sites is 1. The Balaban J connectivity index is 1.36. The van der Waals surface area contributed by atoms with E-state index in [2.05, 4.69) is 20.5 Å². The Bertz CT molecular complexity index is 1520. The molecule has 0 unspecified atom stereocenters. The molecule has 2 N–H and O–H groups in total. The van der Waals surface area contributed by atoms with Crippen molar-refractivity contribution in [3.63, 3.8) is 0 Å². The minimum Gasteiger partial charge on any atom is -0.356 e. The molecular formula is C28H28N6O3. The van der Waals surface area contributed by atoms with Gasteiger partial charge in [0.25, 0.3) is 17.4 Å². The quantitative estimate of drug-likeness (QED) is 0.421. The zero-order chi connectivity index (χ0) is 25.9. The molecule has 0 bridgehead atoms. The number of nitrogens with zero attached hydrogens (tertiary/aromatic N) is 4. The van der Waals surface area contributed by atoms with Crippen molar-refractivity contribution in [1.82, 2.24) is 14.3 Å². The van der Waals surface area contributed by atoms with Gasteiger partial charge in [0.15, 0.2) is 0 Å². The molecule has 0 spiro atoms. The summed E-state index contributed by atoms with van der Waals surface area (Å²) in [5.41, 5.74) is 2.48. The van der Waals surface area contributed by atoms with Crippen molar-refractivity contribution < 1.29 is 9.59 Å². The van der Waals surface area contributed by atoms with Gasteiger partial charge in [0.1, 0.15) is 11.5 Å². The van der Waals surface area contributed by atoms with Gasteiger partial charge in [0.2, 0.25) is 0 Å². The Hall–Kier alpha value is -4.66. The first kappa shape index (κ1) is 24.1. The van der Waals surface area contributed by atoms with Crippen molar-refractivity contribution in [2.45, 2.75) is 19.8 Å². The average molecular weight is 497 g/mol. The van der Waals surface area contributed by atoms with Crippen LogP contribution in [-0.4, -0.2) is 39.3 Å². The number of hydrogen-bond acceptors (Lipinski definition) is 5. The number of nitrogens with one attached hydrogen (secondary N) is 2. The first-order valence-electron chi connectivity index (χ1n) is 12.2. The molecule has 0 saturated carbocycles. The van der Waals surface area contributed by atoms with Crippen LogP contribution in [0, 0.1) is 6.92 Å². The Morgan fingerprint density at radius 1 is 0.892 bits per heavy atom. The number of hydrogen-bond donors (Lipinski definition) is 2. The summed E-state index contributed by atoms with van der Waals surface area (Å²) in [5, 5.41) is 5.64. The lowest BCUT2D eigenvalue weighted by Gasteiger charge is -2.19. The van der Waals surface area contributed by atoms with Crippen LogP contribution in [0.3, 0.4) is 0 Å². The number of benzene rings is 2. The van der Waals surface area contributed by atoms with Gasteiger partial charge in [-0.25, -0.2) is 9.67 Å². The second-order valence-electron chi connectivity index (χ2n) is 8.99. The van der Waals surface area contributed by atoms with Crippen LogP contribution >= 0.6 is 0 Å². The summed E-state index contributed by atoms with van der Waals surface area (Å²) < 4.78 is 3.21. The van der Waals surface area contributed by atoms with Crippen molar-refractivity contribution >= 4 is 29.0 Å². The van der Waals surface area contributed by atoms with Crippen LogP contribution in [0.4, 0.5) is 17.2 Å². The predicted molar refractivity (Wildman–Crippen MR) is 144 cm³/mol. The van der Waals surface area contributed by atoms with Gasteiger partial charge in [-0.05, 0) is 62.2 Å². The molecule has 1 aliphatic rings. The molecule has 2 amide bonds. The fourth-order valence-corrected chi connectivity index (χ4v) is 4.59. The standard InChI is InChI=1S/C28H28N6O3/c1-19-24(28(37)34(32(19)2)22-12-4-3-5-13-22)31-26(35)20-10-8-11-21(18-20)30-27(36)23-14-9-15-29-25(23)33-16-6-7-17-33/h3-5,8-15,18H,6-7,16-17H2,1-2H3,(H,30,36)(H,31,35). The molecule has 2 aromatic heterocycles. The molecule has 1 fully saturated rings. The summed E-state index contributed by atoms with van der Waals surface area (Å²) in [6, 6.07) is 19.4. The van der Waals surface area contributed by atoms with E-state index in [0.717, 1.165) is 25.9 Å². The number of pyridine rings is 1. The fraction of sp³-hybridized carbons (Fsp3) is 0.214. The highest BCUT2D eigenvalue weighted by Gasteiger charge is 2.22. The number of rotatable bonds is 6. The Labute approximate surface area is 214 Å². The molecule has 0 atom stereocenters. The topological polar surface area (TPSA) is 101 Å². The molecule has 1 saturated heterocycles. The number of amides is 2. The summed E-state index contributed by atoms with van der Waals surface area (Å²) >= 11 is 0. The Kier molecular flexibility index (Phi) is 6.59. The van der Waals surface area contributed by atoms with Crippen molar-refractivity contribution in [3.8, 4) is 5.69 Å². The molecule has 5 rings (SSSR count). The van der Waals surface area contributed by atoms with Gasteiger partial charge in [-0.15, -0.1) is 0 Å². The van der Waals surface area contributed by atoms with Gasteiger partial charge < -0.3 is 15.5 Å².